The molecule has 0 unspecified atom stereocenters. The topological polar surface area (TPSA) is 90.9 Å². The quantitative estimate of drug-likeness (QED) is 0.376. The summed E-state index contributed by atoms with van der Waals surface area (Å²) in [6, 6.07) is 15.6. The van der Waals surface area contributed by atoms with Crippen LogP contribution in [0.5, 0.6) is 0 Å². The molecule has 0 aliphatic carbocycles. The predicted molar refractivity (Wildman–Crippen MR) is 121 cm³/mol. The Bertz CT molecular complexity index is 896. The van der Waals surface area contributed by atoms with Crippen molar-refractivity contribution in [2.75, 3.05) is 5.32 Å². The van der Waals surface area contributed by atoms with Crippen LogP contribution in [0.3, 0.4) is 0 Å². The fourth-order valence-electron chi connectivity index (χ4n) is 2.73. The van der Waals surface area contributed by atoms with E-state index in [0.717, 1.165) is 5.56 Å². The van der Waals surface area contributed by atoms with Crippen LogP contribution >= 0.6 is 0 Å². The molecule has 0 radical (unpaired) electrons. The van der Waals surface area contributed by atoms with E-state index in [0.29, 0.717) is 11.3 Å². The zero-order valence-corrected chi connectivity index (χ0v) is 19.4. The van der Waals surface area contributed by atoms with Crippen LogP contribution < -0.4 is 5.32 Å². The van der Waals surface area contributed by atoms with Crippen LogP contribution in [0.1, 0.15) is 58.6 Å². The average Bonchev–Trinajstić information content (AvgIpc) is 2.66. The van der Waals surface area contributed by atoms with Gasteiger partial charge in [0.2, 0.25) is 0 Å². The second-order valence-electron chi connectivity index (χ2n) is 9.31. The van der Waals surface area contributed by atoms with Gasteiger partial charge in [-0.3, -0.25) is 14.9 Å². The number of hydrogen-bond acceptors (Lipinski definition) is 6. The summed E-state index contributed by atoms with van der Waals surface area (Å²) in [7, 11) is 0. The van der Waals surface area contributed by atoms with Gasteiger partial charge in [0.25, 0.3) is 0 Å². The number of rotatable bonds is 6. The lowest BCUT2D eigenvalue weighted by molar-refractivity contribution is -0.169. The van der Waals surface area contributed by atoms with Gasteiger partial charge in [0.1, 0.15) is 17.8 Å². The maximum atomic E-state index is 12.8. The predicted octanol–water partition coefficient (Wildman–Crippen LogP) is 5.20. The highest BCUT2D eigenvalue weighted by Gasteiger charge is 2.36. The van der Waals surface area contributed by atoms with Crippen molar-refractivity contribution in [1.82, 2.24) is 0 Å². The highest BCUT2D eigenvalue weighted by Crippen LogP contribution is 2.26. The van der Waals surface area contributed by atoms with E-state index in [1.54, 1.807) is 65.8 Å². The standard InChI is InChI=1S/C25H31NO6/c1-24(2,3)31-21(27)20(22(28)32-25(4,5)6)18-12-14-19(15-13-18)26-23(29)30-16-17-10-8-7-9-11-17/h7-15,20H,16H2,1-6H3,(H,26,29). The number of carbonyl (C=O) groups is 3. The van der Waals surface area contributed by atoms with E-state index in [1.165, 1.54) is 0 Å². The lowest BCUT2D eigenvalue weighted by Gasteiger charge is -2.26. The molecule has 1 amide bonds. The van der Waals surface area contributed by atoms with Crippen LogP contribution in [-0.2, 0) is 30.4 Å². The van der Waals surface area contributed by atoms with Crippen LogP contribution in [0.25, 0.3) is 0 Å². The van der Waals surface area contributed by atoms with Crippen LogP contribution in [0, 0.1) is 0 Å². The number of ether oxygens (including phenoxy) is 3. The van der Waals surface area contributed by atoms with Gasteiger partial charge in [-0.2, -0.15) is 0 Å². The third-order valence-corrected chi connectivity index (χ3v) is 3.99. The molecule has 0 aliphatic rings. The van der Waals surface area contributed by atoms with Crippen molar-refractivity contribution in [2.45, 2.75) is 65.3 Å². The van der Waals surface area contributed by atoms with Crippen molar-refractivity contribution in [2.24, 2.45) is 0 Å². The summed E-state index contributed by atoms with van der Waals surface area (Å²) in [6.07, 6.45) is -0.613. The third kappa shape index (κ3) is 8.41. The van der Waals surface area contributed by atoms with Gasteiger partial charge >= 0.3 is 18.0 Å². The third-order valence-electron chi connectivity index (χ3n) is 3.99. The van der Waals surface area contributed by atoms with Crippen molar-refractivity contribution in [1.29, 1.82) is 0 Å². The Labute approximate surface area is 189 Å². The molecule has 0 bridgehead atoms. The van der Waals surface area contributed by atoms with Crippen molar-refractivity contribution in [3.8, 4) is 0 Å². The minimum atomic E-state index is -1.24. The molecule has 172 valence electrons. The number of benzene rings is 2. The highest BCUT2D eigenvalue weighted by atomic mass is 16.6. The minimum absolute atomic E-state index is 0.143. The molecule has 1 N–H and O–H groups in total. The Hall–Kier alpha value is -3.35. The largest absolute Gasteiger partial charge is 0.459 e. The smallest absolute Gasteiger partial charge is 0.411 e. The van der Waals surface area contributed by atoms with Gasteiger partial charge in [-0.15, -0.1) is 0 Å². The van der Waals surface area contributed by atoms with E-state index >= 15 is 0 Å². The summed E-state index contributed by atoms with van der Waals surface area (Å²) in [4.78, 5) is 37.6. The molecule has 2 rings (SSSR count). The Morgan fingerprint density at radius 2 is 1.28 bits per heavy atom. The first kappa shape index (κ1) is 24.9. The SMILES string of the molecule is CC(C)(C)OC(=O)C(C(=O)OC(C)(C)C)c1ccc(NC(=O)OCc2ccccc2)cc1. The normalized spacial score (nSPS) is 11.6. The van der Waals surface area contributed by atoms with Gasteiger partial charge in [0, 0.05) is 5.69 Å². The summed E-state index contributed by atoms with van der Waals surface area (Å²) in [5.74, 6) is -2.64. The summed E-state index contributed by atoms with van der Waals surface area (Å²) >= 11 is 0. The molecule has 0 aromatic heterocycles. The maximum Gasteiger partial charge on any atom is 0.411 e. The molecule has 0 aliphatic heterocycles. The van der Waals surface area contributed by atoms with Gasteiger partial charge < -0.3 is 14.2 Å². The van der Waals surface area contributed by atoms with Crippen LogP contribution in [0.4, 0.5) is 10.5 Å². The number of carbonyl (C=O) groups excluding carboxylic acids is 3. The molecule has 7 nitrogen and oxygen atoms in total. The van der Waals surface area contributed by atoms with Crippen molar-refractivity contribution in [3.05, 3.63) is 65.7 Å². The van der Waals surface area contributed by atoms with Gasteiger partial charge in [0.05, 0.1) is 0 Å². The van der Waals surface area contributed by atoms with Gasteiger partial charge in [0.15, 0.2) is 5.92 Å². The Balaban J connectivity index is 2.11. The first-order valence-corrected chi connectivity index (χ1v) is 10.4. The molecule has 0 atom stereocenters. The number of hydrogen-bond donors (Lipinski definition) is 1. The lowest BCUT2D eigenvalue weighted by atomic mass is 9.98. The van der Waals surface area contributed by atoms with Crippen molar-refractivity contribution in [3.63, 3.8) is 0 Å². The van der Waals surface area contributed by atoms with Gasteiger partial charge in [-0.1, -0.05) is 42.5 Å². The van der Waals surface area contributed by atoms with E-state index in [-0.39, 0.29) is 6.61 Å². The fourth-order valence-corrected chi connectivity index (χ4v) is 2.73. The zero-order chi connectivity index (χ0) is 23.9. The summed E-state index contributed by atoms with van der Waals surface area (Å²) in [5, 5.41) is 2.62. The highest BCUT2D eigenvalue weighted by molar-refractivity contribution is 6.01. The molecule has 32 heavy (non-hydrogen) atoms. The van der Waals surface area contributed by atoms with Gasteiger partial charge in [-0.05, 0) is 64.8 Å². The second-order valence-corrected chi connectivity index (χ2v) is 9.31. The van der Waals surface area contributed by atoms with Crippen molar-refractivity contribution >= 4 is 23.7 Å². The average molecular weight is 442 g/mol. The fraction of sp³-hybridized carbons (Fsp3) is 0.400. The van der Waals surface area contributed by atoms with E-state index in [4.69, 9.17) is 14.2 Å². The molecule has 2 aromatic rings. The molecule has 0 heterocycles. The van der Waals surface area contributed by atoms with E-state index in [1.807, 2.05) is 30.3 Å². The number of amides is 1. The summed E-state index contributed by atoms with van der Waals surface area (Å²) in [5.41, 5.74) is 0.203. The van der Waals surface area contributed by atoms with Crippen LogP contribution in [0.2, 0.25) is 0 Å². The van der Waals surface area contributed by atoms with E-state index in [2.05, 4.69) is 5.32 Å². The van der Waals surface area contributed by atoms with Crippen LogP contribution in [0.15, 0.2) is 54.6 Å². The Morgan fingerprint density at radius 1 is 0.781 bits per heavy atom. The molecule has 0 fully saturated rings. The second kappa shape index (κ2) is 10.3. The first-order valence-electron chi connectivity index (χ1n) is 10.4. The number of nitrogens with one attached hydrogen (secondary N) is 1. The lowest BCUT2D eigenvalue weighted by Crippen LogP contribution is -2.35. The Morgan fingerprint density at radius 3 is 1.75 bits per heavy atom. The molecule has 7 heteroatoms. The number of esters is 2. The molecule has 0 spiro atoms. The molecule has 0 saturated carbocycles. The monoisotopic (exact) mass is 441 g/mol. The molecule has 2 aromatic carbocycles. The minimum Gasteiger partial charge on any atom is -0.459 e. The van der Waals surface area contributed by atoms with E-state index in [9.17, 15) is 14.4 Å². The van der Waals surface area contributed by atoms with Crippen LogP contribution in [-0.4, -0.2) is 29.2 Å². The maximum absolute atomic E-state index is 12.8. The Kier molecular flexibility index (Phi) is 8.02. The first-order chi connectivity index (χ1) is 14.8. The number of anilines is 1. The van der Waals surface area contributed by atoms with Gasteiger partial charge in [-0.25, -0.2) is 4.79 Å². The molecular formula is C25H31NO6. The van der Waals surface area contributed by atoms with E-state index < -0.39 is 35.2 Å². The summed E-state index contributed by atoms with van der Waals surface area (Å²) in [6.45, 7) is 10.5. The molecular weight excluding hydrogens is 410 g/mol. The summed E-state index contributed by atoms with van der Waals surface area (Å²) < 4.78 is 16.1. The van der Waals surface area contributed by atoms with Crippen molar-refractivity contribution < 1.29 is 28.6 Å². The molecule has 0 saturated heterocycles. The zero-order valence-electron chi connectivity index (χ0n) is 19.4.